The Labute approximate surface area is 199 Å². The Balaban J connectivity index is 2.03. The van der Waals surface area contributed by atoms with Gasteiger partial charge in [-0.1, -0.05) is 139 Å². The van der Waals surface area contributed by atoms with Gasteiger partial charge in [0.05, 0.1) is 5.41 Å². The second-order valence-electron chi connectivity index (χ2n) is 11.5. The Morgan fingerprint density at radius 1 is 0.515 bits per heavy atom. The quantitative estimate of drug-likeness (QED) is 0.263. The van der Waals surface area contributed by atoms with Crippen LogP contribution in [0.15, 0.2) is 97.1 Å². The second-order valence-corrected chi connectivity index (χ2v) is 11.5. The largest absolute Gasteiger partial charge is 0.0716 e. The van der Waals surface area contributed by atoms with Crippen molar-refractivity contribution in [3.05, 3.63) is 130 Å². The summed E-state index contributed by atoms with van der Waals surface area (Å²) in [5.74, 6) is 0. The predicted octanol–water partition coefficient (Wildman–Crippen LogP) is 8.64. The first-order valence-corrected chi connectivity index (χ1v) is 12.1. The van der Waals surface area contributed by atoms with Gasteiger partial charge in [-0.25, -0.2) is 0 Å². The van der Waals surface area contributed by atoms with Crippen molar-refractivity contribution in [2.24, 2.45) is 0 Å². The van der Waals surface area contributed by atoms with E-state index >= 15 is 0 Å². The van der Waals surface area contributed by atoms with E-state index in [-0.39, 0.29) is 16.2 Å². The van der Waals surface area contributed by atoms with Crippen LogP contribution in [0.2, 0.25) is 0 Å². The zero-order valence-electron chi connectivity index (χ0n) is 20.7. The first-order valence-electron chi connectivity index (χ1n) is 12.1. The summed E-state index contributed by atoms with van der Waals surface area (Å²) in [6, 6.07) is 36.2. The standard InChI is InChI=1S/C33H34/c1-31(2,3)25-21-27-26-19-13-14-20-28(26)33(23-15-9-7-10-16-23,24-17-11-8-12-18-24)30(27)29(22-25)32(4,5)6/h7-22H,1-6H3. The third-order valence-corrected chi connectivity index (χ3v) is 7.22. The lowest BCUT2D eigenvalue weighted by Gasteiger charge is -2.38. The third kappa shape index (κ3) is 3.27. The summed E-state index contributed by atoms with van der Waals surface area (Å²) in [5.41, 5.74) is 10.8. The summed E-state index contributed by atoms with van der Waals surface area (Å²) < 4.78 is 0. The van der Waals surface area contributed by atoms with Crippen molar-refractivity contribution in [2.45, 2.75) is 57.8 Å². The van der Waals surface area contributed by atoms with Crippen LogP contribution in [0.4, 0.5) is 0 Å². The molecule has 4 aromatic carbocycles. The molecule has 0 N–H and O–H groups in total. The molecule has 0 radical (unpaired) electrons. The van der Waals surface area contributed by atoms with E-state index in [1.54, 1.807) is 0 Å². The monoisotopic (exact) mass is 430 g/mol. The molecule has 0 saturated heterocycles. The van der Waals surface area contributed by atoms with Crippen LogP contribution >= 0.6 is 0 Å². The highest BCUT2D eigenvalue weighted by Gasteiger charge is 2.48. The molecule has 1 aliphatic rings. The maximum absolute atomic E-state index is 2.49. The van der Waals surface area contributed by atoms with Crippen LogP contribution in [-0.2, 0) is 16.2 Å². The Morgan fingerprint density at radius 3 is 1.55 bits per heavy atom. The highest BCUT2D eigenvalue weighted by atomic mass is 14.5. The van der Waals surface area contributed by atoms with Gasteiger partial charge in [0.2, 0.25) is 0 Å². The molecular formula is C33H34. The van der Waals surface area contributed by atoms with Crippen molar-refractivity contribution >= 4 is 0 Å². The van der Waals surface area contributed by atoms with Crippen LogP contribution < -0.4 is 0 Å². The Bertz CT molecular complexity index is 1260. The third-order valence-electron chi connectivity index (χ3n) is 7.22. The van der Waals surface area contributed by atoms with E-state index in [0.717, 1.165) is 0 Å². The van der Waals surface area contributed by atoms with Gasteiger partial charge in [-0.15, -0.1) is 0 Å². The number of hydrogen-bond acceptors (Lipinski definition) is 0. The van der Waals surface area contributed by atoms with Crippen LogP contribution in [0.1, 0.15) is 74.9 Å². The molecule has 0 aromatic heterocycles. The lowest BCUT2D eigenvalue weighted by molar-refractivity contribution is 0.557. The van der Waals surface area contributed by atoms with E-state index in [2.05, 4.69) is 139 Å². The molecule has 0 bridgehead atoms. The molecule has 0 spiro atoms. The molecule has 0 atom stereocenters. The zero-order chi connectivity index (χ0) is 23.4. The summed E-state index contributed by atoms with van der Waals surface area (Å²) in [6.45, 7) is 14.0. The van der Waals surface area contributed by atoms with Gasteiger partial charge in [0.1, 0.15) is 0 Å². The number of fused-ring (bicyclic) bond motifs is 3. The van der Waals surface area contributed by atoms with Gasteiger partial charge in [0, 0.05) is 0 Å². The molecule has 0 heterocycles. The fourth-order valence-electron chi connectivity index (χ4n) is 5.61. The van der Waals surface area contributed by atoms with Crippen LogP contribution in [0.5, 0.6) is 0 Å². The lowest BCUT2D eigenvalue weighted by atomic mass is 9.63. The fourth-order valence-corrected chi connectivity index (χ4v) is 5.61. The molecule has 1 aliphatic carbocycles. The van der Waals surface area contributed by atoms with Gasteiger partial charge in [-0.3, -0.25) is 0 Å². The van der Waals surface area contributed by atoms with Crippen molar-refractivity contribution < 1.29 is 0 Å². The van der Waals surface area contributed by atoms with Crippen molar-refractivity contribution in [1.82, 2.24) is 0 Å². The summed E-state index contributed by atoms with van der Waals surface area (Å²) in [6.07, 6.45) is 0. The Hall–Kier alpha value is -3.12. The second kappa shape index (κ2) is 7.45. The van der Waals surface area contributed by atoms with E-state index in [1.165, 1.54) is 44.5 Å². The fraction of sp³-hybridized carbons (Fsp3) is 0.273. The minimum Gasteiger partial charge on any atom is -0.0622 e. The van der Waals surface area contributed by atoms with Gasteiger partial charge in [0.15, 0.2) is 0 Å². The SMILES string of the molecule is CC(C)(C)c1cc2c(c(C(C)(C)C)c1)C(c1ccccc1)(c1ccccc1)c1ccccc1-2. The number of benzene rings is 4. The first kappa shape index (κ1) is 21.7. The summed E-state index contributed by atoms with van der Waals surface area (Å²) >= 11 is 0. The molecule has 166 valence electrons. The average molecular weight is 431 g/mol. The van der Waals surface area contributed by atoms with Crippen molar-refractivity contribution in [3.63, 3.8) is 0 Å². The maximum Gasteiger partial charge on any atom is 0.0716 e. The van der Waals surface area contributed by atoms with Gasteiger partial charge < -0.3 is 0 Å². The first-order chi connectivity index (χ1) is 15.6. The summed E-state index contributed by atoms with van der Waals surface area (Å²) in [5, 5.41) is 0. The van der Waals surface area contributed by atoms with E-state index in [9.17, 15) is 0 Å². The number of hydrogen-bond donors (Lipinski definition) is 0. The molecule has 4 aromatic rings. The van der Waals surface area contributed by atoms with Crippen molar-refractivity contribution in [3.8, 4) is 11.1 Å². The maximum atomic E-state index is 2.49. The average Bonchev–Trinajstić information content (AvgIpc) is 3.10. The summed E-state index contributed by atoms with van der Waals surface area (Å²) in [4.78, 5) is 0. The van der Waals surface area contributed by atoms with Crippen molar-refractivity contribution in [2.75, 3.05) is 0 Å². The molecule has 0 fully saturated rings. The van der Waals surface area contributed by atoms with E-state index in [1.807, 2.05) is 0 Å². The lowest BCUT2D eigenvalue weighted by Crippen LogP contribution is -2.32. The molecule has 0 heteroatoms. The Kier molecular flexibility index (Phi) is 4.90. The highest BCUT2D eigenvalue weighted by molar-refractivity contribution is 5.88. The van der Waals surface area contributed by atoms with Gasteiger partial charge in [-0.05, 0) is 55.3 Å². The normalized spacial score (nSPS) is 14.6. The molecule has 0 aliphatic heterocycles. The molecule has 0 unspecified atom stereocenters. The molecule has 0 nitrogen and oxygen atoms in total. The molecule has 5 rings (SSSR count). The van der Waals surface area contributed by atoms with Gasteiger partial charge in [-0.2, -0.15) is 0 Å². The minimum atomic E-state index is -0.340. The molecule has 0 saturated carbocycles. The molecule has 33 heavy (non-hydrogen) atoms. The Morgan fingerprint density at radius 2 is 1.03 bits per heavy atom. The van der Waals surface area contributed by atoms with Gasteiger partial charge in [0.25, 0.3) is 0 Å². The topological polar surface area (TPSA) is 0 Å². The van der Waals surface area contributed by atoms with Crippen LogP contribution in [0, 0.1) is 0 Å². The highest BCUT2D eigenvalue weighted by Crippen LogP contribution is 2.59. The smallest absolute Gasteiger partial charge is 0.0622 e. The van der Waals surface area contributed by atoms with Crippen LogP contribution in [0.3, 0.4) is 0 Å². The molecular weight excluding hydrogens is 396 g/mol. The minimum absolute atomic E-state index is 0.00218. The van der Waals surface area contributed by atoms with E-state index < -0.39 is 0 Å². The van der Waals surface area contributed by atoms with Gasteiger partial charge >= 0.3 is 0 Å². The van der Waals surface area contributed by atoms with E-state index in [0.29, 0.717) is 0 Å². The van der Waals surface area contributed by atoms with Crippen LogP contribution in [0.25, 0.3) is 11.1 Å². The van der Waals surface area contributed by atoms with E-state index in [4.69, 9.17) is 0 Å². The number of rotatable bonds is 2. The van der Waals surface area contributed by atoms with Crippen molar-refractivity contribution in [1.29, 1.82) is 0 Å². The molecule has 0 amide bonds. The summed E-state index contributed by atoms with van der Waals surface area (Å²) in [7, 11) is 0. The predicted molar refractivity (Wildman–Crippen MR) is 141 cm³/mol. The zero-order valence-corrected chi connectivity index (χ0v) is 20.7. The van der Waals surface area contributed by atoms with Crippen LogP contribution in [-0.4, -0.2) is 0 Å².